The van der Waals surface area contributed by atoms with E-state index in [0.29, 0.717) is 0 Å². The maximum atomic E-state index is 10.6. The van der Waals surface area contributed by atoms with Crippen molar-refractivity contribution in [3.63, 3.8) is 0 Å². The lowest BCUT2D eigenvalue weighted by molar-refractivity contribution is -0.402. The van der Waals surface area contributed by atoms with E-state index in [4.69, 9.17) is 4.42 Å². The molecule has 0 atom stereocenters. The molecule has 6 nitrogen and oxygen atoms in total. The Bertz CT molecular complexity index is 379. The Morgan fingerprint density at radius 2 is 2.36 bits per heavy atom. The van der Waals surface area contributed by atoms with Gasteiger partial charge >= 0.3 is 11.9 Å². The van der Waals surface area contributed by atoms with Crippen LogP contribution in [0.5, 0.6) is 0 Å². The number of carbonyl (C=O) groups is 1. The maximum absolute atomic E-state index is 10.6. The number of methoxy groups -OCH3 is 1. The summed E-state index contributed by atoms with van der Waals surface area (Å²) < 4.78 is 9.07. The van der Waals surface area contributed by atoms with Crippen LogP contribution in [0, 0.1) is 10.1 Å². The molecule has 0 saturated heterocycles. The van der Waals surface area contributed by atoms with E-state index in [0.717, 1.165) is 6.08 Å². The summed E-state index contributed by atoms with van der Waals surface area (Å²) in [4.78, 5) is 20.2. The first-order valence-electron chi connectivity index (χ1n) is 3.63. The van der Waals surface area contributed by atoms with Gasteiger partial charge in [0.15, 0.2) is 0 Å². The van der Waals surface area contributed by atoms with Crippen molar-refractivity contribution >= 4 is 17.9 Å². The first-order valence-corrected chi connectivity index (χ1v) is 3.63. The van der Waals surface area contributed by atoms with Crippen molar-refractivity contribution in [2.24, 2.45) is 0 Å². The number of rotatable bonds is 3. The smallest absolute Gasteiger partial charge is 0.433 e. The zero-order valence-electron chi connectivity index (χ0n) is 7.30. The number of carbonyl (C=O) groups excluding carboxylic acids is 1. The van der Waals surface area contributed by atoms with Crippen LogP contribution in [0.25, 0.3) is 6.08 Å². The molecule has 14 heavy (non-hydrogen) atoms. The molecule has 0 aliphatic carbocycles. The van der Waals surface area contributed by atoms with Gasteiger partial charge in [-0.2, -0.15) is 0 Å². The van der Waals surface area contributed by atoms with E-state index in [9.17, 15) is 14.9 Å². The summed E-state index contributed by atoms with van der Waals surface area (Å²) in [6, 6.07) is 2.59. The molecule has 0 spiro atoms. The van der Waals surface area contributed by atoms with E-state index < -0.39 is 10.9 Å². The number of hydrogen-bond acceptors (Lipinski definition) is 5. The Morgan fingerprint density at radius 3 is 2.86 bits per heavy atom. The van der Waals surface area contributed by atoms with Crippen molar-refractivity contribution in [2.45, 2.75) is 0 Å². The highest BCUT2D eigenvalue weighted by Crippen LogP contribution is 2.16. The minimum atomic E-state index is -0.657. The molecule has 0 aliphatic rings. The van der Waals surface area contributed by atoms with Gasteiger partial charge in [0.05, 0.1) is 13.2 Å². The number of nitro groups is 1. The predicted octanol–water partition coefficient (Wildman–Crippen LogP) is 1.37. The van der Waals surface area contributed by atoms with Crippen molar-refractivity contribution in [3.05, 3.63) is 34.1 Å². The Labute approximate surface area is 78.9 Å². The van der Waals surface area contributed by atoms with Gasteiger partial charge in [0.25, 0.3) is 0 Å². The highest BCUT2D eigenvalue weighted by atomic mass is 16.6. The summed E-state index contributed by atoms with van der Waals surface area (Å²) in [5, 5.41) is 10.2. The van der Waals surface area contributed by atoms with Gasteiger partial charge in [0, 0.05) is 6.08 Å². The molecule has 1 aromatic rings. The highest BCUT2D eigenvalue weighted by molar-refractivity contribution is 5.86. The quantitative estimate of drug-likeness (QED) is 0.316. The molecular formula is C8H7NO5. The number of nitrogens with zero attached hydrogens (tertiary/aromatic N) is 1. The molecule has 74 valence electrons. The molecule has 0 aliphatic heterocycles. The number of ether oxygens (including phenoxy) is 1. The second-order valence-electron chi connectivity index (χ2n) is 2.29. The van der Waals surface area contributed by atoms with Crippen LogP contribution in [0.4, 0.5) is 5.88 Å². The molecule has 0 fully saturated rings. The summed E-state index contributed by atoms with van der Waals surface area (Å²) in [7, 11) is 1.23. The minimum absolute atomic E-state index is 0.224. The minimum Gasteiger partial charge on any atom is -0.466 e. The number of esters is 1. The van der Waals surface area contributed by atoms with Crippen LogP contribution in [-0.4, -0.2) is 18.0 Å². The van der Waals surface area contributed by atoms with Crippen LogP contribution in [0.15, 0.2) is 22.6 Å². The first kappa shape index (κ1) is 9.97. The molecule has 0 unspecified atom stereocenters. The van der Waals surface area contributed by atoms with E-state index in [1.807, 2.05) is 0 Å². The van der Waals surface area contributed by atoms with Crippen molar-refractivity contribution < 1.29 is 18.9 Å². The largest absolute Gasteiger partial charge is 0.466 e. The van der Waals surface area contributed by atoms with Crippen LogP contribution in [0.1, 0.15) is 5.76 Å². The molecule has 0 bridgehead atoms. The maximum Gasteiger partial charge on any atom is 0.433 e. The average molecular weight is 197 g/mol. The first-order chi connectivity index (χ1) is 6.63. The SMILES string of the molecule is COC(=O)/C=C/c1ccc([N+](=O)[O-])o1. The molecule has 0 N–H and O–H groups in total. The fourth-order valence-electron chi connectivity index (χ4n) is 0.748. The summed E-state index contributed by atoms with van der Waals surface area (Å²) in [6.07, 6.45) is 2.40. The van der Waals surface area contributed by atoms with E-state index in [1.165, 1.54) is 25.3 Å². The lowest BCUT2D eigenvalue weighted by atomic mass is 10.4. The van der Waals surface area contributed by atoms with Crippen LogP contribution in [0.3, 0.4) is 0 Å². The Hall–Kier alpha value is -2.11. The molecule has 0 aromatic carbocycles. The predicted molar refractivity (Wildman–Crippen MR) is 46.4 cm³/mol. The normalized spacial score (nSPS) is 10.4. The zero-order chi connectivity index (χ0) is 10.6. The van der Waals surface area contributed by atoms with E-state index in [-0.39, 0.29) is 11.6 Å². The van der Waals surface area contributed by atoms with Crippen molar-refractivity contribution in [1.29, 1.82) is 0 Å². The standard InChI is InChI=1S/C8H7NO5/c1-13-8(10)5-3-6-2-4-7(14-6)9(11)12/h2-5H,1H3/b5-3+. The van der Waals surface area contributed by atoms with Gasteiger partial charge in [-0.05, 0) is 12.1 Å². The topological polar surface area (TPSA) is 82.6 Å². The van der Waals surface area contributed by atoms with Crippen LogP contribution in [-0.2, 0) is 9.53 Å². The fourth-order valence-corrected chi connectivity index (χ4v) is 0.748. The zero-order valence-corrected chi connectivity index (χ0v) is 7.30. The second-order valence-corrected chi connectivity index (χ2v) is 2.29. The molecule has 1 aromatic heterocycles. The van der Waals surface area contributed by atoms with Gasteiger partial charge in [-0.3, -0.25) is 10.1 Å². The number of furan rings is 1. The summed E-state index contributed by atoms with van der Waals surface area (Å²) >= 11 is 0. The Morgan fingerprint density at radius 1 is 1.64 bits per heavy atom. The average Bonchev–Trinajstić information content (AvgIpc) is 2.62. The molecule has 6 heteroatoms. The summed E-state index contributed by atoms with van der Waals surface area (Å²) in [6.45, 7) is 0. The van der Waals surface area contributed by atoms with Gasteiger partial charge in [-0.15, -0.1) is 0 Å². The second kappa shape index (κ2) is 4.22. The van der Waals surface area contributed by atoms with Crippen LogP contribution < -0.4 is 0 Å². The van der Waals surface area contributed by atoms with E-state index in [2.05, 4.69) is 4.74 Å². The summed E-state index contributed by atoms with van der Waals surface area (Å²) in [5.74, 6) is -0.694. The third-order valence-electron chi connectivity index (χ3n) is 1.38. The monoisotopic (exact) mass is 197 g/mol. The van der Waals surface area contributed by atoms with Crippen LogP contribution >= 0.6 is 0 Å². The highest BCUT2D eigenvalue weighted by Gasteiger charge is 2.09. The van der Waals surface area contributed by atoms with Crippen molar-refractivity contribution in [3.8, 4) is 0 Å². The van der Waals surface area contributed by atoms with Crippen LogP contribution in [0.2, 0.25) is 0 Å². The molecule has 0 saturated carbocycles. The Kier molecular flexibility index (Phi) is 3.01. The molecule has 0 amide bonds. The van der Waals surface area contributed by atoms with Crippen molar-refractivity contribution in [2.75, 3.05) is 7.11 Å². The third-order valence-corrected chi connectivity index (χ3v) is 1.38. The fraction of sp³-hybridized carbons (Fsp3) is 0.125. The van der Waals surface area contributed by atoms with Crippen molar-refractivity contribution in [1.82, 2.24) is 0 Å². The summed E-state index contributed by atoms with van der Waals surface area (Å²) in [5.41, 5.74) is 0. The molecule has 1 heterocycles. The Balaban J connectivity index is 2.73. The number of hydrogen-bond donors (Lipinski definition) is 0. The van der Waals surface area contributed by atoms with Gasteiger partial charge in [0.1, 0.15) is 10.7 Å². The van der Waals surface area contributed by atoms with E-state index >= 15 is 0 Å². The molecular weight excluding hydrogens is 190 g/mol. The van der Waals surface area contributed by atoms with Gasteiger partial charge in [0.2, 0.25) is 0 Å². The molecule has 0 radical (unpaired) electrons. The lowest BCUT2D eigenvalue weighted by Gasteiger charge is -1.87. The van der Waals surface area contributed by atoms with Gasteiger partial charge in [-0.1, -0.05) is 0 Å². The lowest BCUT2D eigenvalue weighted by Crippen LogP contribution is -1.92. The van der Waals surface area contributed by atoms with Gasteiger partial charge in [-0.25, -0.2) is 4.79 Å². The van der Waals surface area contributed by atoms with Gasteiger partial charge < -0.3 is 9.15 Å². The van der Waals surface area contributed by atoms with E-state index in [1.54, 1.807) is 0 Å². The third kappa shape index (κ3) is 2.44. The molecule has 1 rings (SSSR count).